The molecule has 1 heterocycles. The van der Waals surface area contributed by atoms with Crippen molar-refractivity contribution in [2.24, 2.45) is 27.6 Å². The number of likely N-dealkylation sites (tertiary alicyclic amines) is 1. The van der Waals surface area contributed by atoms with E-state index in [4.69, 9.17) is 10.9 Å². The van der Waals surface area contributed by atoms with Crippen LogP contribution in [-0.2, 0) is 4.79 Å². The Kier molecular flexibility index (Phi) is 3.49. The molecule has 0 aromatic carbocycles. The summed E-state index contributed by atoms with van der Waals surface area (Å²) in [5.74, 6) is 0.671. The number of carbonyl (C=O) groups excluding carboxylic acids is 1. The van der Waals surface area contributed by atoms with Crippen molar-refractivity contribution >= 4 is 11.7 Å². The fourth-order valence-electron chi connectivity index (χ4n) is 3.16. The summed E-state index contributed by atoms with van der Waals surface area (Å²) < 4.78 is 0. The average molecular weight is 267 g/mol. The van der Waals surface area contributed by atoms with Crippen LogP contribution in [0.4, 0.5) is 0 Å². The van der Waals surface area contributed by atoms with Crippen molar-refractivity contribution in [3.8, 4) is 0 Å². The molecule has 0 bridgehead atoms. The Morgan fingerprint density at radius 2 is 2.05 bits per heavy atom. The van der Waals surface area contributed by atoms with Crippen molar-refractivity contribution in [2.75, 3.05) is 13.1 Å². The van der Waals surface area contributed by atoms with E-state index in [1.807, 2.05) is 4.90 Å². The lowest BCUT2D eigenvalue weighted by Gasteiger charge is -2.41. The number of hydrogen-bond donors (Lipinski definition) is 2. The summed E-state index contributed by atoms with van der Waals surface area (Å²) in [6.45, 7) is 8.24. The van der Waals surface area contributed by atoms with Crippen LogP contribution in [0.5, 0.6) is 0 Å². The second kappa shape index (κ2) is 4.69. The van der Waals surface area contributed by atoms with E-state index in [1.165, 1.54) is 0 Å². The standard InChI is InChI=1S/C14H25N3O2/c1-13(2,3)10-5-8-17(9-10)12(18)14(6-4-7-14)11(15)16-19/h10,19H,4-9H2,1-3H3,(H2,15,16). The summed E-state index contributed by atoms with van der Waals surface area (Å²) in [5.41, 5.74) is 5.25. The minimum Gasteiger partial charge on any atom is -0.409 e. The van der Waals surface area contributed by atoms with Gasteiger partial charge in [-0.3, -0.25) is 4.79 Å². The molecule has 1 saturated carbocycles. The molecule has 0 radical (unpaired) electrons. The molecule has 108 valence electrons. The summed E-state index contributed by atoms with van der Waals surface area (Å²) in [6, 6.07) is 0. The molecule has 2 fully saturated rings. The van der Waals surface area contributed by atoms with Crippen LogP contribution in [0.25, 0.3) is 0 Å². The quantitative estimate of drug-likeness (QED) is 0.346. The maximum atomic E-state index is 12.7. The highest BCUT2D eigenvalue weighted by molar-refractivity contribution is 6.07. The molecule has 2 rings (SSSR count). The van der Waals surface area contributed by atoms with Crippen LogP contribution in [0.3, 0.4) is 0 Å². The van der Waals surface area contributed by atoms with Crippen molar-refractivity contribution < 1.29 is 10.0 Å². The molecule has 1 aliphatic heterocycles. The summed E-state index contributed by atoms with van der Waals surface area (Å²) >= 11 is 0. The lowest BCUT2D eigenvalue weighted by atomic mass is 9.67. The lowest BCUT2D eigenvalue weighted by Crippen LogP contribution is -2.54. The van der Waals surface area contributed by atoms with Gasteiger partial charge in [-0.1, -0.05) is 32.3 Å². The van der Waals surface area contributed by atoms with Crippen LogP contribution in [0, 0.1) is 16.7 Å². The van der Waals surface area contributed by atoms with Gasteiger partial charge in [-0.15, -0.1) is 0 Å². The summed E-state index contributed by atoms with van der Waals surface area (Å²) in [7, 11) is 0. The van der Waals surface area contributed by atoms with Gasteiger partial charge in [0.2, 0.25) is 5.91 Å². The van der Waals surface area contributed by atoms with Gasteiger partial charge in [-0.05, 0) is 30.6 Å². The van der Waals surface area contributed by atoms with Gasteiger partial charge >= 0.3 is 0 Å². The molecule has 1 amide bonds. The van der Waals surface area contributed by atoms with Gasteiger partial charge in [0.25, 0.3) is 0 Å². The van der Waals surface area contributed by atoms with Crippen LogP contribution in [0.2, 0.25) is 0 Å². The Morgan fingerprint density at radius 1 is 1.42 bits per heavy atom. The zero-order valence-electron chi connectivity index (χ0n) is 12.1. The van der Waals surface area contributed by atoms with Gasteiger partial charge in [-0.2, -0.15) is 0 Å². The predicted molar refractivity (Wildman–Crippen MR) is 73.8 cm³/mol. The maximum Gasteiger partial charge on any atom is 0.236 e. The van der Waals surface area contributed by atoms with Crippen LogP contribution in [0.15, 0.2) is 5.16 Å². The van der Waals surface area contributed by atoms with Crippen LogP contribution in [-0.4, -0.2) is 34.9 Å². The number of amides is 1. The summed E-state index contributed by atoms with van der Waals surface area (Å²) in [4.78, 5) is 14.6. The Labute approximate surface area is 114 Å². The van der Waals surface area contributed by atoms with E-state index >= 15 is 0 Å². The first kappa shape index (κ1) is 14.2. The van der Waals surface area contributed by atoms with Crippen molar-refractivity contribution in [3.63, 3.8) is 0 Å². The number of nitrogens with two attached hydrogens (primary N) is 1. The summed E-state index contributed by atoms with van der Waals surface area (Å²) in [5, 5.41) is 12.0. The van der Waals surface area contributed by atoms with Crippen LogP contribution >= 0.6 is 0 Å². The van der Waals surface area contributed by atoms with Gasteiger partial charge in [0.05, 0.1) is 0 Å². The summed E-state index contributed by atoms with van der Waals surface area (Å²) in [6.07, 6.45) is 3.43. The van der Waals surface area contributed by atoms with Crippen molar-refractivity contribution in [1.29, 1.82) is 0 Å². The Hall–Kier alpha value is -1.26. The molecule has 5 heteroatoms. The van der Waals surface area contributed by atoms with E-state index in [0.717, 1.165) is 25.9 Å². The fourth-order valence-corrected chi connectivity index (χ4v) is 3.16. The molecule has 3 N–H and O–H groups in total. The van der Waals surface area contributed by atoms with E-state index in [9.17, 15) is 4.79 Å². The molecule has 5 nitrogen and oxygen atoms in total. The van der Waals surface area contributed by atoms with Gasteiger partial charge in [-0.25, -0.2) is 0 Å². The number of oxime groups is 1. The predicted octanol–water partition coefficient (Wildman–Crippen LogP) is 1.80. The maximum absolute atomic E-state index is 12.7. The van der Waals surface area contributed by atoms with Gasteiger partial charge in [0.15, 0.2) is 5.84 Å². The largest absolute Gasteiger partial charge is 0.409 e. The fraction of sp³-hybridized carbons (Fsp3) is 0.857. The van der Waals surface area contributed by atoms with Crippen LogP contribution in [0.1, 0.15) is 46.5 Å². The van der Waals surface area contributed by atoms with E-state index in [1.54, 1.807) is 0 Å². The average Bonchev–Trinajstić information content (AvgIpc) is 2.75. The van der Waals surface area contributed by atoms with Crippen molar-refractivity contribution in [3.05, 3.63) is 0 Å². The number of nitrogens with zero attached hydrogens (tertiary/aromatic N) is 2. The molecule has 0 aromatic rings. The SMILES string of the molecule is CC(C)(C)C1CCN(C(=O)C2(C(N)=NO)CCC2)C1. The Bertz CT molecular complexity index is 394. The molecular weight excluding hydrogens is 242 g/mol. The van der Waals surface area contributed by atoms with E-state index in [-0.39, 0.29) is 17.2 Å². The first-order chi connectivity index (χ1) is 8.81. The molecule has 1 atom stereocenters. The highest BCUT2D eigenvalue weighted by Gasteiger charge is 2.51. The zero-order chi connectivity index (χ0) is 14.3. The minimum atomic E-state index is -0.721. The Balaban J connectivity index is 2.09. The monoisotopic (exact) mass is 267 g/mol. The number of rotatable bonds is 2. The first-order valence-corrected chi connectivity index (χ1v) is 7.08. The van der Waals surface area contributed by atoms with E-state index in [2.05, 4.69) is 25.9 Å². The number of carbonyl (C=O) groups is 1. The highest BCUT2D eigenvalue weighted by Crippen LogP contribution is 2.44. The molecule has 19 heavy (non-hydrogen) atoms. The zero-order valence-corrected chi connectivity index (χ0v) is 12.1. The third-order valence-electron chi connectivity index (χ3n) is 4.91. The Morgan fingerprint density at radius 3 is 2.42 bits per heavy atom. The normalized spacial score (nSPS) is 27.2. The molecular formula is C14H25N3O2. The third-order valence-corrected chi connectivity index (χ3v) is 4.91. The molecule has 0 spiro atoms. The van der Waals surface area contributed by atoms with Crippen molar-refractivity contribution in [2.45, 2.75) is 46.5 Å². The first-order valence-electron chi connectivity index (χ1n) is 7.08. The minimum absolute atomic E-state index is 0.0563. The molecule has 1 saturated heterocycles. The number of amidine groups is 1. The molecule has 0 aromatic heterocycles. The van der Waals surface area contributed by atoms with Crippen molar-refractivity contribution in [1.82, 2.24) is 4.90 Å². The second-order valence-electron chi connectivity index (χ2n) is 7.02. The molecule has 2 aliphatic rings. The second-order valence-corrected chi connectivity index (χ2v) is 7.02. The van der Waals surface area contributed by atoms with Gasteiger partial charge in [0, 0.05) is 13.1 Å². The van der Waals surface area contributed by atoms with Crippen LogP contribution < -0.4 is 5.73 Å². The third kappa shape index (κ3) is 2.30. The topological polar surface area (TPSA) is 78.9 Å². The smallest absolute Gasteiger partial charge is 0.236 e. The van der Waals surface area contributed by atoms with Gasteiger partial charge in [0.1, 0.15) is 5.41 Å². The van der Waals surface area contributed by atoms with E-state index in [0.29, 0.717) is 18.8 Å². The molecule has 1 aliphatic carbocycles. The lowest BCUT2D eigenvalue weighted by molar-refractivity contribution is -0.141. The van der Waals surface area contributed by atoms with Gasteiger partial charge < -0.3 is 15.8 Å². The highest BCUT2D eigenvalue weighted by atomic mass is 16.4. The molecule has 1 unspecified atom stereocenters. The number of hydrogen-bond acceptors (Lipinski definition) is 3. The van der Waals surface area contributed by atoms with E-state index < -0.39 is 5.41 Å².